The molecule has 1 rings (SSSR count). The molecule has 0 bridgehead atoms. The Morgan fingerprint density at radius 3 is 2.04 bits per heavy atom. The van der Waals surface area contributed by atoms with Gasteiger partial charge in [-0.25, -0.2) is 0 Å². The second-order valence-corrected chi connectivity index (χ2v) is 13.8. The van der Waals surface area contributed by atoms with E-state index in [1.54, 1.807) is 0 Å². The molecule has 0 spiro atoms. The average molecular weight is 342 g/mol. The molecule has 1 saturated carbocycles. The third kappa shape index (κ3) is 9.26. The first-order chi connectivity index (χ1) is 10.8. The topological polar surface area (TPSA) is 21.3 Å². The fourth-order valence-corrected chi connectivity index (χ4v) is 4.18. The highest BCUT2D eigenvalue weighted by Gasteiger charge is 2.36. The van der Waals surface area contributed by atoms with Gasteiger partial charge in [0, 0.05) is 12.6 Å². The number of unbranched alkanes of at least 4 members (excludes halogenated alkanes) is 3. The van der Waals surface area contributed by atoms with Crippen molar-refractivity contribution in [3.63, 3.8) is 0 Å². The van der Waals surface area contributed by atoms with Crippen molar-refractivity contribution >= 4 is 8.32 Å². The van der Waals surface area contributed by atoms with Crippen molar-refractivity contribution in [3.05, 3.63) is 0 Å². The van der Waals surface area contributed by atoms with Gasteiger partial charge in [0.25, 0.3) is 0 Å². The molecule has 0 aromatic heterocycles. The van der Waals surface area contributed by atoms with Gasteiger partial charge in [-0.3, -0.25) is 0 Å². The summed E-state index contributed by atoms with van der Waals surface area (Å²) in [5, 5.41) is 4.14. The lowest BCUT2D eigenvalue weighted by atomic mass is 9.96. The summed E-state index contributed by atoms with van der Waals surface area (Å²) in [4.78, 5) is 0. The van der Waals surface area contributed by atoms with Crippen molar-refractivity contribution in [2.45, 2.75) is 116 Å². The van der Waals surface area contributed by atoms with Crippen LogP contribution in [0.25, 0.3) is 0 Å². The molecule has 0 heterocycles. The van der Waals surface area contributed by atoms with Crippen LogP contribution in [-0.2, 0) is 4.43 Å². The van der Waals surface area contributed by atoms with Crippen molar-refractivity contribution in [1.29, 1.82) is 0 Å². The largest absolute Gasteiger partial charge is 0.417 e. The molecule has 2 nitrogen and oxygen atoms in total. The molecule has 23 heavy (non-hydrogen) atoms. The molecule has 138 valence electrons. The van der Waals surface area contributed by atoms with Gasteiger partial charge in [0.2, 0.25) is 0 Å². The van der Waals surface area contributed by atoms with Gasteiger partial charge in [0.15, 0.2) is 8.32 Å². The molecule has 1 fully saturated rings. The predicted molar refractivity (Wildman–Crippen MR) is 106 cm³/mol. The lowest BCUT2D eigenvalue weighted by Crippen LogP contribution is -2.40. The lowest BCUT2D eigenvalue weighted by molar-refractivity contribution is 0.277. The highest BCUT2D eigenvalue weighted by Crippen LogP contribution is 2.36. The molecule has 0 saturated heterocycles. The smallest absolute Gasteiger partial charge is 0.191 e. The number of rotatable bonds is 9. The van der Waals surface area contributed by atoms with E-state index in [4.69, 9.17) is 4.43 Å². The molecule has 0 atom stereocenters. The number of hydrogen-bond donors (Lipinski definition) is 1. The molecule has 1 N–H and O–H groups in total. The van der Waals surface area contributed by atoms with E-state index in [0.717, 1.165) is 12.6 Å². The molecule has 1 aliphatic rings. The van der Waals surface area contributed by atoms with Crippen molar-refractivity contribution < 1.29 is 4.43 Å². The standard InChI is InChI=1S/C20H43NOSi/c1-20(2,3)23(4,5)22-18-14-10-9-13-17-21-19-15-11-7-6-8-12-16-19/h19,21H,6-18H2,1-5H3. The predicted octanol–water partition coefficient (Wildman–Crippen LogP) is 6.27. The summed E-state index contributed by atoms with van der Waals surface area (Å²) in [5.41, 5.74) is 0. The maximum absolute atomic E-state index is 6.24. The van der Waals surface area contributed by atoms with Gasteiger partial charge in [-0.15, -0.1) is 0 Å². The van der Waals surface area contributed by atoms with E-state index >= 15 is 0 Å². The minimum absolute atomic E-state index is 0.342. The fraction of sp³-hybridized carbons (Fsp3) is 1.00. The highest BCUT2D eigenvalue weighted by molar-refractivity contribution is 6.74. The maximum atomic E-state index is 6.24. The van der Waals surface area contributed by atoms with Crippen LogP contribution in [0.2, 0.25) is 18.1 Å². The van der Waals surface area contributed by atoms with Crippen LogP contribution in [0.4, 0.5) is 0 Å². The van der Waals surface area contributed by atoms with Crippen LogP contribution in [0.5, 0.6) is 0 Å². The number of nitrogens with one attached hydrogen (secondary N) is 1. The van der Waals surface area contributed by atoms with Crippen molar-refractivity contribution in [2.75, 3.05) is 13.2 Å². The average Bonchev–Trinajstić information content (AvgIpc) is 2.42. The first kappa shape index (κ1) is 21.2. The third-order valence-corrected chi connectivity index (χ3v) is 10.4. The molecule has 0 aromatic carbocycles. The summed E-state index contributed by atoms with van der Waals surface area (Å²) >= 11 is 0. The van der Waals surface area contributed by atoms with Crippen LogP contribution in [0.1, 0.15) is 91.4 Å². The van der Waals surface area contributed by atoms with Crippen LogP contribution in [0, 0.1) is 0 Å². The zero-order valence-corrected chi connectivity index (χ0v) is 17.7. The van der Waals surface area contributed by atoms with Crippen LogP contribution in [0.15, 0.2) is 0 Å². The number of hydrogen-bond acceptors (Lipinski definition) is 2. The Kier molecular flexibility index (Phi) is 10.0. The van der Waals surface area contributed by atoms with E-state index in [9.17, 15) is 0 Å². The molecular weight excluding hydrogens is 298 g/mol. The summed E-state index contributed by atoms with van der Waals surface area (Å²) < 4.78 is 6.24. The van der Waals surface area contributed by atoms with Gasteiger partial charge >= 0.3 is 0 Å². The second-order valence-electron chi connectivity index (χ2n) is 9.02. The monoisotopic (exact) mass is 341 g/mol. The Labute approximate surface area is 147 Å². The molecule has 3 heteroatoms. The van der Waals surface area contributed by atoms with Gasteiger partial charge in [0.05, 0.1) is 0 Å². The molecule has 0 amide bonds. The maximum Gasteiger partial charge on any atom is 0.191 e. The van der Waals surface area contributed by atoms with E-state index in [-0.39, 0.29) is 0 Å². The van der Waals surface area contributed by atoms with Gasteiger partial charge in [-0.05, 0) is 50.4 Å². The zero-order chi connectivity index (χ0) is 17.2. The third-order valence-electron chi connectivity index (χ3n) is 5.88. The van der Waals surface area contributed by atoms with Crippen molar-refractivity contribution in [2.24, 2.45) is 0 Å². The van der Waals surface area contributed by atoms with Crippen LogP contribution in [0.3, 0.4) is 0 Å². The summed E-state index contributed by atoms with van der Waals surface area (Å²) in [6, 6.07) is 0.803. The van der Waals surface area contributed by atoms with Crippen LogP contribution in [-0.4, -0.2) is 27.5 Å². The zero-order valence-electron chi connectivity index (χ0n) is 16.7. The Hall–Kier alpha value is 0.137. The van der Waals surface area contributed by atoms with E-state index in [1.165, 1.54) is 77.2 Å². The molecule has 0 radical (unpaired) electrons. The lowest BCUT2D eigenvalue weighted by Gasteiger charge is -2.36. The van der Waals surface area contributed by atoms with Crippen LogP contribution < -0.4 is 5.32 Å². The minimum Gasteiger partial charge on any atom is -0.417 e. The van der Waals surface area contributed by atoms with Crippen molar-refractivity contribution in [1.82, 2.24) is 5.32 Å². The molecular formula is C20H43NOSi. The SMILES string of the molecule is CC(C)(C)[Si](C)(C)OCCCCCCNC1CCCCCCC1. The van der Waals surface area contributed by atoms with Gasteiger partial charge < -0.3 is 9.74 Å². The minimum atomic E-state index is -1.52. The quantitative estimate of drug-likeness (QED) is 0.394. The first-order valence-electron chi connectivity index (χ1n) is 10.2. The Morgan fingerprint density at radius 1 is 0.870 bits per heavy atom. The van der Waals surface area contributed by atoms with Crippen molar-refractivity contribution in [3.8, 4) is 0 Å². The van der Waals surface area contributed by atoms with Gasteiger partial charge in [0.1, 0.15) is 0 Å². The van der Waals surface area contributed by atoms with E-state index in [2.05, 4.69) is 39.2 Å². The highest BCUT2D eigenvalue weighted by atomic mass is 28.4. The Morgan fingerprint density at radius 2 is 1.43 bits per heavy atom. The van der Waals surface area contributed by atoms with E-state index < -0.39 is 8.32 Å². The summed E-state index contributed by atoms with van der Waals surface area (Å²) in [6.45, 7) is 13.8. The van der Waals surface area contributed by atoms with Crippen LogP contribution >= 0.6 is 0 Å². The normalized spacial score (nSPS) is 18.7. The summed E-state index contributed by atoms with van der Waals surface area (Å²) in [7, 11) is -1.52. The van der Waals surface area contributed by atoms with Gasteiger partial charge in [-0.2, -0.15) is 0 Å². The molecule has 1 aliphatic carbocycles. The second kappa shape index (κ2) is 10.9. The molecule has 0 aliphatic heterocycles. The Balaban J connectivity index is 1.97. The summed E-state index contributed by atoms with van der Waals surface area (Å²) in [5.74, 6) is 0. The molecule has 0 aromatic rings. The first-order valence-corrected chi connectivity index (χ1v) is 13.1. The summed E-state index contributed by atoms with van der Waals surface area (Å²) in [6.07, 6.45) is 15.3. The van der Waals surface area contributed by atoms with Gasteiger partial charge in [-0.1, -0.05) is 65.7 Å². The Bertz CT molecular complexity index is 291. The van der Waals surface area contributed by atoms with E-state index in [1.807, 2.05) is 0 Å². The fourth-order valence-electron chi connectivity index (χ4n) is 3.09. The van der Waals surface area contributed by atoms with E-state index in [0.29, 0.717) is 5.04 Å². The molecule has 0 unspecified atom stereocenters.